The monoisotopic (exact) mass is 653 g/mol. The van der Waals surface area contributed by atoms with Crippen molar-refractivity contribution in [1.82, 2.24) is 32.5 Å². The van der Waals surface area contributed by atoms with Crippen LogP contribution in [0.2, 0.25) is 0 Å². The first-order valence-electron chi connectivity index (χ1n) is 17.2. The molecule has 7 nitrogen and oxygen atoms in total. The van der Waals surface area contributed by atoms with E-state index in [1.54, 1.807) is 0 Å². The Morgan fingerprint density at radius 3 is 1.35 bits per heavy atom. The molecule has 7 aromatic carbocycles. The van der Waals surface area contributed by atoms with Gasteiger partial charge in [-0.1, -0.05) is 78.9 Å². The Balaban J connectivity index is 1.13. The fourth-order valence-electron chi connectivity index (χ4n) is 8.36. The van der Waals surface area contributed by atoms with Crippen molar-refractivity contribution in [1.29, 1.82) is 0 Å². The van der Waals surface area contributed by atoms with E-state index >= 15 is 0 Å². The van der Waals surface area contributed by atoms with Crippen molar-refractivity contribution in [2.75, 3.05) is 0 Å². The van der Waals surface area contributed by atoms with Crippen LogP contribution in [0.3, 0.4) is 0 Å². The highest BCUT2D eigenvalue weighted by Gasteiger charge is 2.21. The highest BCUT2D eigenvalue weighted by Crippen LogP contribution is 2.37. The van der Waals surface area contributed by atoms with Gasteiger partial charge in [-0.25, -0.2) is 9.97 Å². The minimum atomic E-state index is 0.898. The quantitative estimate of drug-likeness (QED) is 0.191. The Bertz CT molecular complexity index is 3380. The van der Waals surface area contributed by atoms with Crippen molar-refractivity contribution in [3.05, 3.63) is 164 Å². The van der Waals surface area contributed by atoms with Crippen LogP contribution in [-0.2, 0) is 0 Å². The van der Waals surface area contributed by atoms with Gasteiger partial charge < -0.3 is 4.57 Å². The molecule has 0 saturated carbocycles. The van der Waals surface area contributed by atoms with Gasteiger partial charge in [-0.3, -0.25) is 17.9 Å². The van der Waals surface area contributed by atoms with Crippen LogP contribution in [0.1, 0.15) is 0 Å². The van der Waals surface area contributed by atoms with E-state index in [-0.39, 0.29) is 0 Å². The second kappa shape index (κ2) is 9.74. The number of hydrogen-bond acceptors (Lipinski definition) is 2. The lowest BCUT2D eigenvalue weighted by Gasteiger charge is -2.12. The van der Waals surface area contributed by atoms with Crippen molar-refractivity contribution in [2.45, 2.75) is 0 Å². The van der Waals surface area contributed by atoms with Gasteiger partial charge in [0.15, 0.2) is 0 Å². The number of rotatable bonds is 3. The Morgan fingerprint density at radius 2 is 0.745 bits per heavy atom. The fraction of sp³-hybridized carbons (Fsp3) is 0. The second-order valence-corrected chi connectivity index (χ2v) is 13.2. The van der Waals surface area contributed by atoms with E-state index in [0.29, 0.717) is 0 Å². The molecule has 5 aromatic heterocycles. The molecule has 0 aliphatic carbocycles. The zero-order chi connectivity index (χ0) is 33.2. The van der Waals surface area contributed by atoms with Crippen LogP contribution in [0.5, 0.6) is 0 Å². The maximum absolute atomic E-state index is 5.15. The number of fused-ring (bicyclic) bond motifs is 13. The SMILES string of the molecule is c1cc(-n2c3ccccc3c3ccc(-n4c5ccccc5n5c6ccccc6nc45)cc32)cc(-n2c3ccccc3n3c4ccccc4nc23)c1. The van der Waals surface area contributed by atoms with Crippen molar-refractivity contribution < 1.29 is 0 Å². The topological polar surface area (TPSA) is 49.4 Å². The first-order valence-corrected chi connectivity index (χ1v) is 17.2. The molecule has 5 heterocycles. The largest absolute Gasteiger partial charge is 0.309 e. The van der Waals surface area contributed by atoms with E-state index in [1.165, 1.54) is 10.8 Å². The first kappa shape index (κ1) is 26.8. The molecule has 12 rings (SSSR count). The summed E-state index contributed by atoms with van der Waals surface area (Å²) in [7, 11) is 0. The van der Waals surface area contributed by atoms with Crippen LogP contribution in [0.4, 0.5) is 0 Å². The summed E-state index contributed by atoms with van der Waals surface area (Å²) >= 11 is 0. The number of hydrogen-bond donors (Lipinski definition) is 0. The molecule has 0 atom stereocenters. The summed E-state index contributed by atoms with van der Waals surface area (Å²) in [5.74, 6) is 1.80. The van der Waals surface area contributed by atoms with Gasteiger partial charge in [-0.05, 0) is 84.9 Å². The molecule has 0 unspecified atom stereocenters. The van der Waals surface area contributed by atoms with Crippen molar-refractivity contribution in [3.8, 4) is 17.1 Å². The van der Waals surface area contributed by atoms with Gasteiger partial charge in [0.1, 0.15) is 0 Å². The van der Waals surface area contributed by atoms with Gasteiger partial charge in [0.05, 0.1) is 66.5 Å². The van der Waals surface area contributed by atoms with Gasteiger partial charge in [-0.2, -0.15) is 0 Å². The number of benzene rings is 7. The molecular formula is C44H27N7. The Morgan fingerprint density at radius 1 is 0.294 bits per heavy atom. The Kier molecular flexibility index (Phi) is 5.12. The molecule has 0 bridgehead atoms. The molecule has 0 amide bonds. The molecular weight excluding hydrogens is 627 g/mol. The van der Waals surface area contributed by atoms with Crippen LogP contribution in [0, 0.1) is 0 Å². The minimum Gasteiger partial charge on any atom is -0.309 e. The third-order valence-electron chi connectivity index (χ3n) is 10.5. The third-order valence-corrected chi connectivity index (χ3v) is 10.5. The molecule has 0 fully saturated rings. The summed E-state index contributed by atoms with van der Waals surface area (Å²) in [5.41, 5.74) is 14.1. The average Bonchev–Trinajstić information content (AvgIpc) is 3.97. The van der Waals surface area contributed by atoms with Crippen LogP contribution in [-0.4, -0.2) is 32.5 Å². The van der Waals surface area contributed by atoms with E-state index in [1.807, 2.05) is 0 Å². The Hall–Kier alpha value is -7.12. The summed E-state index contributed by atoms with van der Waals surface area (Å²) in [6.45, 7) is 0. The van der Waals surface area contributed by atoms with Gasteiger partial charge in [-0.15, -0.1) is 0 Å². The summed E-state index contributed by atoms with van der Waals surface area (Å²) in [4.78, 5) is 10.3. The lowest BCUT2D eigenvalue weighted by molar-refractivity contribution is 1.09. The van der Waals surface area contributed by atoms with E-state index in [4.69, 9.17) is 9.97 Å². The molecule has 0 saturated heterocycles. The normalized spacial score (nSPS) is 12.3. The van der Waals surface area contributed by atoms with Crippen molar-refractivity contribution in [3.63, 3.8) is 0 Å². The minimum absolute atomic E-state index is 0.898. The summed E-state index contributed by atoms with van der Waals surface area (Å²) in [6, 6.07) is 58.2. The molecule has 51 heavy (non-hydrogen) atoms. The van der Waals surface area contributed by atoms with E-state index in [0.717, 1.165) is 83.8 Å². The Labute approximate surface area is 290 Å². The first-order chi connectivity index (χ1) is 25.3. The second-order valence-electron chi connectivity index (χ2n) is 13.2. The van der Waals surface area contributed by atoms with Crippen LogP contribution < -0.4 is 0 Å². The molecule has 0 radical (unpaired) electrons. The highest BCUT2D eigenvalue weighted by atomic mass is 15.2. The predicted molar refractivity (Wildman–Crippen MR) is 207 cm³/mol. The number of para-hydroxylation sites is 9. The lowest BCUT2D eigenvalue weighted by Crippen LogP contribution is -2.00. The highest BCUT2D eigenvalue weighted by molar-refractivity contribution is 6.10. The molecule has 0 aliphatic rings. The van der Waals surface area contributed by atoms with Gasteiger partial charge >= 0.3 is 0 Å². The smallest absolute Gasteiger partial charge is 0.220 e. The number of aromatic nitrogens is 7. The summed E-state index contributed by atoms with van der Waals surface area (Å²) in [5, 5.41) is 2.42. The standard InChI is InChI=1S/C44H27N7/c1-4-17-35-31(14-1)32-25-24-30(49-39-21-8-10-23-41(39)51-37-19-6-3-16-34(37)46-44(49)51)27-42(32)47(35)28-12-11-13-29(26-28)48-38-20-7-9-22-40(38)50-36-18-5-2-15-33(36)45-43(48)50/h1-27H. The third kappa shape index (κ3) is 3.51. The molecule has 0 aliphatic heterocycles. The van der Waals surface area contributed by atoms with Crippen LogP contribution >= 0.6 is 0 Å². The average molecular weight is 654 g/mol. The zero-order valence-corrected chi connectivity index (χ0v) is 27.2. The van der Waals surface area contributed by atoms with Crippen LogP contribution in [0.25, 0.3) is 94.6 Å². The summed E-state index contributed by atoms with van der Waals surface area (Å²) in [6.07, 6.45) is 0. The molecule has 0 N–H and O–H groups in total. The maximum atomic E-state index is 5.15. The summed E-state index contributed by atoms with van der Waals surface area (Å²) < 4.78 is 11.5. The molecule has 238 valence electrons. The van der Waals surface area contributed by atoms with Gasteiger partial charge in [0, 0.05) is 16.5 Å². The van der Waals surface area contributed by atoms with Crippen molar-refractivity contribution >= 4 is 77.5 Å². The van der Waals surface area contributed by atoms with Gasteiger partial charge in [0.2, 0.25) is 11.6 Å². The van der Waals surface area contributed by atoms with Gasteiger partial charge in [0.25, 0.3) is 0 Å². The number of imidazole rings is 4. The fourth-order valence-corrected chi connectivity index (χ4v) is 8.36. The predicted octanol–water partition coefficient (Wildman–Crippen LogP) is 10.3. The van der Waals surface area contributed by atoms with Crippen molar-refractivity contribution in [2.24, 2.45) is 0 Å². The van der Waals surface area contributed by atoms with E-state index in [2.05, 4.69) is 186 Å². The van der Waals surface area contributed by atoms with E-state index in [9.17, 15) is 0 Å². The van der Waals surface area contributed by atoms with Crippen LogP contribution in [0.15, 0.2) is 164 Å². The molecule has 7 heteroatoms. The lowest BCUT2D eigenvalue weighted by atomic mass is 10.1. The zero-order valence-electron chi connectivity index (χ0n) is 27.2. The molecule has 0 spiro atoms. The molecule has 12 aromatic rings. The maximum Gasteiger partial charge on any atom is 0.220 e. The van der Waals surface area contributed by atoms with E-state index < -0.39 is 0 Å². The number of nitrogens with zero attached hydrogens (tertiary/aromatic N) is 7.